The molecule has 0 N–H and O–H groups in total. The molecule has 0 aliphatic rings. The molecule has 23 heavy (non-hydrogen) atoms. The number of aromatic nitrogens is 1. The van der Waals surface area contributed by atoms with Crippen molar-refractivity contribution in [2.75, 3.05) is 14.1 Å². The fourth-order valence-corrected chi connectivity index (χ4v) is 2.51. The Kier molecular flexibility index (Phi) is 3.47. The summed E-state index contributed by atoms with van der Waals surface area (Å²) in [5, 5.41) is 1.92. The van der Waals surface area contributed by atoms with Crippen molar-refractivity contribution in [2.45, 2.75) is 6.18 Å². The number of hydrogen-bond acceptors (Lipinski definition) is 2. The molecule has 1 aromatic heterocycles. The van der Waals surface area contributed by atoms with E-state index in [2.05, 4.69) is 4.98 Å². The summed E-state index contributed by atoms with van der Waals surface area (Å²) in [5.74, 6) is -0.347. The van der Waals surface area contributed by atoms with Gasteiger partial charge in [-0.25, -0.2) is 4.98 Å². The average molecular weight is 318 g/mol. The summed E-state index contributed by atoms with van der Waals surface area (Å²) >= 11 is 0. The zero-order chi connectivity index (χ0) is 16.8. The van der Waals surface area contributed by atoms with Gasteiger partial charge in [-0.2, -0.15) is 13.2 Å². The third-order valence-corrected chi connectivity index (χ3v) is 3.64. The zero-order valence-electron chi connectivity index (χ0n) is 12.5. The highest BCUT2D eigenvalue weighted by molar-refractivity contribution is 6.14. The summed E-state index contributed by atoms with van der Waals surface area (Å²) < 4.78 is 38.7. The minimum absolute atomic E-state index is 0.150. The number of alkyl halides is 3. The number of amides is 1. The van der Waals surface area contributed by atoms with Crippen LogP contribution in [0.5, 0.6) is 0 Å². The average Bonchev–Trinajstić information content (AvgIpc) is 2.52. The van der Waals surface area contributed by atoms with E-state index in [9.17, 15) is 18.0 Å². The van der Waals surface area contributed by atoms with Crippen LogP contribution in [0.4, 0.5) is 13.2 Å². The molecule has 6 heteroatoms. The predicted molar refractivity (Wildman–Crippen MR) is 82.3 cm³/mol. The van der Waals surface area contributed by atoms with E-state index < -0.39 is 11.7 Å². The monoisotopic (exact) mass is 318 g/mol. The SMILES string of the molecule is CN(C)C(=O)c1nc2cc(C(F)(F)F)ccc2c2ccccc12. The molecule has 0 aliphatic heterocycles. The largest absolute Gasteiger partial charge is 0.416 e. The lowest BCUT2D eigenvalue weighted by atomic mass is 10.0. The van der Waals surface area contributed by atoms with Gasteiger partial charge < -0.3 is 4.90 Å². The molecule has 0 spiro atoms. The van der Waals surface area contributed by atoms with Crippen LogP contribution in [0, 0.1) is 0 Å². The molecule has 118 valence electrons. The molecule has 3 rings (SSSR count). The summed E-state index contributed by atoms with van der Waals surface area (Å²) in [6.07, 6.45) is -4.45. The number of carbonyl (C=O) groups excluding carboxylic acids is 1. The summed E-state index contributed by atoms with van der Waals surface area (Å²) in [7, 11) is 3.16. The molecule has 1 heterocycles. The van der Waals surface area contributed by atoms with Crippen molar-refractivity contribution in [1.29, 1.82) is 0 Å². The van der Waals surface area contributed by atoms with Gasteiger partial charge in [0.25, 0.3) is 5.91 Å². The number of benzene rings is 2. The van der Waals surface area contributed by atoms with Crippen LogP contribution in [-0.2, 0) is 6.18 Å². The number of pyridine rings is 1. The van der Waals surface area contributed by atoms with Gasteiger partial charge in [-0.15, -0.1) is 0 Å². The molecular weight excluding hydrogens is 305 g/mol. The van der Waals surface area contributed by atoms with Crippen molar-refractivity contribution in [2.24, 2.45) is 0 Å². The minimum Gasteiger partial charge on any atom is -0.343 e. The molecule has 3 aromatic rings. The van der Waals surface area contributed by atoms with E-state index in [-0.39, 0.29) is 17.1 Å². The Balaban J connectivity index is 2.39. The summed E-state index contributed by atoms with van der Waals surface area (Å²) in [6.45, 7) is 0. The van der Waals surface area contributed by atoms with Gasteiger partial charge in [0.15, 0.2) is 0 Å². The first-order chi connectivity index (χ1) is 10.8. The molecule has 0 bridgehead atoms. The minimum atomic E-state index is -4.45. The number of fused-ring (bicyclic) bond motifs is 3. The molecule has 0 saturated carbocycles. The Morgan fingerprint density at radius 3 is 2.26 bits per heavy atom. The van der Waals surface area contributed by atoms with Gasteiger partial charge >= 0.3 is 6.18 Å². The van der Waals surface area contributed by atoms with Crippen molar-refractivity contribution < 1.29 is 18.0 Å². The molecule has 3 nitrogen and oxygen atoms in total. The van der Waals surface area contributed by atoms with E-state index in [0.717, 1.165) is 12.1 Å². The molecule has 0 aliphatic carbocycles. The summed E-state index contributed by atoms with van der Waals surface area (Å²) in [5.41, 5.74) is -0.475. The quantitative estimate of drug-likeness (QED) is 0.633. The van der Waals surface area contributed by atoms with Crippen molar-refractivity contribution >= 4 is 27.6 Å². The van der Waals surface area contributed by atoms with Crippen molar-refractivity contribution in [3.63, 3.8) is 0 Å². The maximum absolute atomic E-state index is 12.9. The molecule has 0 fully saturated rings. The third-order valence-electron chi connectivity index (χ3n) is 3.64. The predicted octanol–water partition coefficient (Wildman–Crippen LogP) is 4.11. The normalized spacial score (nSPS) is 11.9. The Hall–Kier alpha value is -2.63. The molecule has 0 atom stereocenters. The van der Waals surface area contributed by atoms with Gasteiger partial charge in [-0.3, -0.25) is 4.79 Å². The maximum atomic E-state index is 12.9. The summed E-state index contributed by atoms with van der Waals surface area (Å²) in [6, 6.07) is 10.5. The highest BCUT2D eigenvalue weighted by atomic mass is 19.4. The Morgan fingerprint density at radius 1 is 1.00 bits per heavy atom. The van der Waals surface area contributed by atoms with Gasteiger partial charge in [0.1, 0.15) is 5.69 Å². The highest BCUT2D eigenvalue weighted by Gasteiger charge is 2.31. The van der Waals surface area contributed by atoms with Crippen molar-refractivity contribution in [3.8, 4) is 0 Å². The van der Waals surface area contributed by atoms with Crippen LogP contribution in [0.25, 0.3) is 21.7 Å². The number of hydrogen-bond donors (Lipinski definition) is 0. The Labute approximate surface area is 130 Å². The number of carbonyl (C=O) groups is 1. The van der Waals surface area contributed by atoms with Crippen molar-refractivity contribution in [1.82, 2.24) is 9.88 Å². The number of nitrogens with zero attached hydrogens (tertiary/aromatic N) is 2. The number of rotatable bonds is 1. The zero-order valence-corrected chi connectivity index (χ0v) is 12.5. The molecule has 1 amide bonds. The van der Waals surface area contributed by atoms with Crippen LogP contribution in [0.3, 0.4) is 0 Å². The van der Waals surface area contributed by atoms with E-state index in [1.54, 1.807) is 38.4 Å². The van der Waals surface area contributed by atoms with Crippen LogP contribution in [0.1, 0.15) is 16.1 Å². The van der Waals surface area contributed by atoms with E-state index in [4.69, 9.17) is 0 Å². The smallest absolute Gasteiger partial charge is 0.343 e. The maximum Gasteiger partial charge on any atom is 0.416 e. The fraction of sp³-hybridized carbons (Fsp3) is 0.176. The van der Waals surface area contributed by atoms with Gasteiger partial charge in [-0.1, -0.05) is 30.3 Å². The second-order valence-electron chi connectivity index (χ2n) is 5.44. The van der Waals surface area contributed by atoms with Gasteiger partial charge in [0.05, 0.1) is 11.1 Å². The van der Waals surface area contributed by atoms with Gasteiger partial charge in [0.2, 0.25) is 0 Å². The van der Waals surface area contributed by atoms with Crippen molar-refractivity contribution in [3.05, 3.63) is 53.7 Å². The summed E-state index contributed by atoms with van der Waals surface area (Å²) in [4.78, 5) is 17.9. The Bertz CT molecular complexity index is 917. The van der Waals surface area contributed by atoms with Crippen LogP contribution < -0.4 is 0 Å². The van der Waals surface area contributed by atoms with Crippen LogP contribution in [-0.4, -0.2) is 29.9 Å². The molecule has 0 radical (unpaired) electrons. The third kappa shape index (κ3) is 2.60. The highest BCUT2D eigenvalue weighted by Crippen LogP contribution is 2.33. The Morgan fingerprint density at radius 2 is 1.65 bits per heavy atom. The molecular formula is C17H13F3N2O. The van der Waals surface area contributed by atoms with Crippen LogP contribution in [0.15, 0.2) is 42.5 Å². The molecule has 0 unspecified atom stereocenters. The second kappa shape index (κ2) is 5.22. The van der Waals surface area contributed by atoms with Gasteiger partial charge in [-0.05, 0) is 17.5 Å². The lowest BCUT2D eigenvalue weighted by molar-refractivity contribution is -0.137. The number of halogens is 3. The van der Waals surface area contributed by atoms with Crippen LogP contribution in [0.2, 0.25) is 0 Å². The van der Waals surface area contributed by atoms with E-state index in [1.165, 1.54) is 11.0 Å². The molecule has 0 saturated heterocycles. The molecule has 2 aromatic carbocycles. The first kappa shape index (κ1) is 15.3. The van der Waals surface area contributed by atoms with E-state index in [0.29, 0.717) is 16.2 Å². The fourth-order valence-electron chi connectivity index (χ4n) is 2.51. The topological polar surface area (TPSA) is 33.2 Å². The lowest BCUT2D eigenvalue weighted by Gasteiger charge is -2.14. The lowest BCUT2D eigenvalue weighted by Crippen LogP contribution is -2.23. The van der Waals surface area contributed by atoms with Gasteiger partial charge in [0, 0.05) is 24.9 Å². The standard InChI is InChI=1S/C17H13F3N2O/c1-22(2)16(23)15-13-6-4-3-5-11(13)12-8-7-10(17(18,19)20)9-14(12)21-15/h3-9H,1-2H3. The van der Waals surface area contributed by atoms with E-state index >= 15 is 0 Å². The van der Waals surface area contributed by atoms with Crippen LogP contribution >= 0.6 is 0 Å². The van der Waals surface area contributed by atoms with E-state index in [1.807, 2.05) is 0 Å². The second-order valence-corrected chi connectivity index (χ2v) is 5.44. The first-order valence-electron chi connectivity index (χ1n) is 6.90. The first-order valence-corrected chi connectivity index (χ1v) is 6.90.